The van der Waals surface area contributed by atoms with Crippen LogP contribution in [0.3, 0.4) is 0 Å². The monoisotopic (exact) mass is 306 g/mol. The molecule has 0 aromatic heterocycles. The summed E-state index contributed by atoms with van der Waals surface area (Å²) in [5.74, 6) is -2.17. The van der Waals surface area contributed by atoms with Gasteiger partial charge in [-0.3, -0.25) is 10.1 Å². The van der Waals surface area contributed by atoms with Gasteiger partial charge in [-0.2, -0.15) is 0 Å². The number of amides is 1. The first kappa shape index (κ1) is 14.8. The molecule has 0 saturated carbocycles. The van der Waals surface area contributed by atoms with Crippen LogP contribution in [-0.4, -0.2) is 31.2 Å². The summed E-state index contributed by atoms with van der Waals surface area (Å²) in [6, 6.07) is 4.03. The summed E-state index contributed by atoms with van der Waals surface area (Å²) < 4.78 is 36.3. The van der Waals surface area contributed by atoms with E-state index >= 15 is 0 Å². The molecule has 1 saturated heterocycles. The van der Waals surface area contributed by atoms with Crippen molar-refractivity contribution in [3.05, 3.63) is 18.2 Å². The zero-order valence-corrected chi connectivity index (χ0v) is 11.1. The van der Waals surface area contributed by atoms with E-state index in [1.165, 1.54) is 0 Å². The minimum Gasteiger partial charge on any atom is -0.454 e. The lowest BCUT2D eigenvalue weighted by Gasteiger charge is -2.11. The zero-order valence-electron chi connectivity index (χ0n) is 10.3. The number of benzene rings is 1. The second kappa shape index (κ2) is 5.41. The van der Waals surface area contributed by atoms with Crippen molar-refractivity contribution >= 4 is 24.0 Å². The number of anilines is 1. The number of hydrogen-bond acceptors (Lipinski definition) is 4. The summed E-state index contributed by atoms with van der Waals surface area (Å²) in [5.41, 5.74) is 0.492. The Balaban J connectivity index is 0.00000147. The predicted octanol–water partition coefficient (Wildman–Crippen LogP) is 1.77. The van der Waals surface area contributed by atoms with Crippen molar-refractivity contribution in [2.45, 2.75) is 18.4 Å². The normalized spacial score (nSPS) is 22.2. The van der Waals surface area contributed by atoms with Crippen LogP contribution in [-0.2, 0) is 4.79 Å². The first-order valence-corrected chi connectivity index (χ1v) is 5.85. The van der Waals surface area contributed by atoms with Crippen molar-refractivity contribution in [1.82, 2.24) is 5.32 Å². The summed E-state index contributed by atoms with van der Waals surface area (Å²) in [4.78, 5) is 11.8. The molecule has 5 nitrogen and oxygen atoms in total. The van der Waals surface area contributed by atoms with Crippen molar-refractivity contribution in [3.63, 3.8) is 0 Å². The maximum absolute atomic E-state index is 13.0. The molecule has 1 aromatic rings. The Kier molecular flexibility index (Phi) is 4.01. The van der Waals surface area contributed by atoms with Gasteiger partial charge in [0, 0.05) is 18.2 Å². The highest BCUT2D eigenvalue weighted by molar-refractivity contribution is 5.95. The molecule has 0 radical (unpaired) electrons. The lowest BCUT2D eigenvalue weighted by molar-refractivity contribution is -0.118. The van der Waals surface area contributed by atoms with Gasteiger partial charge in [-0.05, 0) is 12.1 Å². The average Bonchev–Trinajstić information content (AvgIpc) is 2.94. The minimum atomic E-state index is -2.82. The molecule has 1 atom stereocenters. The SMILES string of the molecule is Cl.O=C(Nc1ccc2c(c1)OCO2)C1CC(F)(F)CN1. The third-order valence-corrected chi connectivity index (χ3v) is 3.07. The first-order chi connectivity index (χ1) is 9.03. The van der Waals surface area contributed by atoms with Gasteiger partial charge in [0.1, 0.15) is 0 Å². The van der Waals surface area contributed by atoms with Gasteiger partial charge in [-0.25, -0.2) is 8.78 Å². The highest BCUT2D eigenvalue weighted by Crippen LogP contribution is 2.34. The standard InChI is InChI=1S/C12H12F2N2O3.ClH/c13-12(14)4-8(15-5-12)11(17)16-7-1-2-9-10(3-7)19-6-18-9;/h1-3,8,15H,4-6H2,(H,16,17);1H. The molecule has 8 heteroatoms. The Hall–Kier alpha value is -1.60. The second-order valence-corrected chi connectivity index (χ2v) is 4.55. The van der Waals surface area contributed by atoms with E-state index in [1.807, 2.05) is 0 Å². The summed E-state index contributed by atoms with van der Waals surface area (Å²) >= 11 is 0. The van der Waals surface area contributed by atoms with Crippen molar-refractivity contribution in [2.24, 2.45) is 0 Å². The molecule has 1 fully saturated rings. The molecule has 3 rings (SSSR count). The van der Waals surface area contributed by atoms with E-state index in [0.717, 1.165) is 0 Å². The van der Waals surface area contributed by atoms with Gasteiger partial charge < -0.3 is 14.8 Å². The molecule has 0 bridgehead atoms. The van der Waals surface area contributed by atoms with E-state index < -0.39 is 30.8 Å². The summed E-state index contributed by atoms with van der Waals surface area (Å²) in [6.07, 6.45) is -0.483. The highest BCUT2D eigenvalue weighted by atomic mass is 35.5. The minimum absolute atomic E-state index is 0. The summed E-state index contributed by atoms with van der Waals surface area (Å²) in [7, 11) is 0. The van der Waals surface area contributed by atoms with E-state index in [0.29, 0.717) is 17.2 Å². The van der Waals surface area contributed by atoms with Crippen LogP contribution in [0, 0.1) is 0 Å². The molecule has 0 spiro atoms. The number of nitrogens with one attached hydrogen (secondary N) is 2. The van der Waals surface area contributed by atoms with Gasteiger partial charge >= 0.3 is 0 Å². The smallest absolute Gasteiger partial charge is 0.262 e. The Morgan fingerprint density at radius 3 is 2.80 bits per heavy atom. The van der Waals surface area contributed by atoms with Crippen LogP contribution in [0.15, 0.2) is 18.2 Å². The molecule has 1 aromatic carbocycles. The molecule has 2 N–H and O–H groups in total. The lowest BCUT2D eigenvalue weighted by atomic mass is 10.2. The van der Waals surface area contributed by atoms with Crippen molar-refractivity contribution in [2.75, 3.05) is 18.7 Å². The third-order valence-electron chi connectivity index (χ3n) is 3.07. The van der Waals surface area contributed by atoms with Gasteiger partial charge in [0.25, 0.3) is 5.92 Å². The quantitative estimate of drug-likeness (QED) is 0.874. The van der Waals surface area contributed by atoms with Crippen LogP contribution >= 0.6 is 12.4 Å². The zero-order chi connectivity index (χ0) is 13.5. The van der Waals surface area contributed by atoms with E-state index in [1.54, 1.807) is 18.2 Å². The lowest BCUT2D eigenvalue weighted by Crippen LogP contribution is -2.35. The maximum Gasteiger partial charge on any atom is 0.262 e. The molecule has 2 aliphatic rings. The third kappa shape index (κ3) is 2.94. The Bertz CT molecular complexity index is 527. The molecule has 2 heterocycles. The van der Waals surface area contributed by atoms with Crippen LogP contribution in [0.2, 0.25) is 0 Å². The predicted molar refractivity (Wildman–Crippen MR) is 69.8 cm³/mol. The number of carbonyl (C=O) groups excluding carboxylic acids is 1. The fourth-order valence-electron chi connectivity index (χ4n) is 2.10. The number of alkyl halides is 2. The van der Waals surface area contributed by atoms with Crippen molar-refractivity contribution in [1.29, 1.82) is 0 Å². The highest BCUT2D eigenvalue weighted by Gasteiger charge is 2.42. The van der Waals surface area contributed by atoms with Crippen LogP contribution in [0.25, 0.3) is 0 Å². The number of ether oxygens (including phenoxy) is 2. The first-order valence-electron chi connectivity index (χ1n) is 5.85. The van der Waals surface area contributed by atoms with Crippen LogP contribution < -0.4 is 20.1 Å². The van der Waals surface area contributed by atoms with Gasteiger partial charge in [0.2, 0.25) is 12.7 Å². The average molecular weight is 307 g/mol. The number of rotatable bonds is 2. The fraction of sp³-hybridized carbons (Fsp3) is 0.417. The van der Waals surface area contributed by atoms with Gasteiger partial charge in [0.15, 0.2) is 11.5 Å². The summed E-state index contributed by atoms with van der Waals surface area (Å²) in [5, 5.41) is 5.08. The Labute approximate surface area is 120 Å². The van der Waals surface area contributed by atoms with E-state index in [2.05, 4.69) is 10.6 Å². The number of halogens is 3. The van der Waals surface area contributed by atoms with Gasteiger partial charge in [-0.1, -0.05) is 0 Å². The molecule has 2 aliphatic heterocycles. The second-order valence-electron chi connectivity index (χ2n) is 4.55. The number of carbonyl (C=O) groups is 1. The van der Waals surface area contributed by atoms with Gasteiger partial charge in [0.05, 0.1) is 12.6 Å². The van der Waals surface area contributed by atoms with Crippen molar-refractivity contribution < 1.29 is 23.0 Å². The largest absolute Gasteiger partial charge is 0.454 e. The van der Waals surface area contributed by atoms with E-state index in [4.69, 9.17) is 9.47 Å². The topological polar surface area (TPSA) is 59.6 Å². The summed E-state index contributed by atoms with van der Waals surface area (Å²) in [6.45, 7) is -0.324. The van der Waals surface area contributed by atoms with Crippen LogP contribution in [0.4, 0.5) is 14.5 Å². The number of fused-ring (bicyclic) bond motifs is 1. The molecule has 0 aliphatic carbocycles. The van der Waals surface area contributed by atoms with E-state index in [-0.39, 0.29) is 19.2 Å². The van der Waals surface area contributed by atoms with Gasteiger partial charge in [-0.15, -0.1) is 12.4 Å². The molecular weight excluding hydrogens is 294 g/mol. The molecule has 1 amide bonds. The van der Waals surface area contributed by atoms with Crippen LogP contribution in [0.5, 0.6) is 11.5 Å². The Morgan fingerprint density at radius 1 is 1.35 bits per heavy atom. The van der Waals surface area contributed by atoms with E-state index in [9.17, 15) is 13.6 Å². The van der Waals surface area contributed by atoms with Crippen molar-refractivity contribution in [3.8, 4) is 11.5 Å². The molecular formula is C12H13ClF2N2O3. The molecule has 20 heavy (non-hydrogen) atoms. The molecule has 110 valence electrons. The number of hydrogen-bond donors (Lipinski definition) is 2. The fourth-order valence-corrected chi connectivity index (χ4v) is 2.10. The molecule has 1 unspecified atom stereocenters. The maximum atomic E-state index is 13.0. The van der Waals surface area contributed by atoms with Crippen LogP contribution in [0.1, 0.15) is 6.42 Å². The Morgan fingerprint density at radius 2 is 2.10 bits per heavy atom.